The van der Waals surface area contributed by atoms with Crippen LogP contribution in [-0.2, 0) is 22.7 Å². The molecule has 11 heteroatoms. The van der Waals surface area contributed by atoms with Crippen molar-refractivity contribution in [2.24, 2.45) is 0 Å². The molecule has 0 aliphatic carbocycles. The van der Waals surface area contributed by atoms with E-state index >= 15 is 0 Å². The first-order valence-electron chi connectivity index (χ1n) is 13.0. The van der Waals surface area contributed by atoms with Gasteiger partial charge in [0.25, 0.3) is 17.5 Å². The highest BCUT2D eigenvalue weighted by molar-refractivity contribution is 6.30. The number of non-ortho nitro benzene ring substituents is 1. The van der Waals surface area contributed by atoms with Gasteiger partial charge in [-0.05, 0) is 72.5 Å². The van der Waals surface area contributed by atoms with Crippen molar-refractivity contribution in [3.05, 3.63) is 99.1 Å². The maximum atomic E-state index is 13.2. The lowest BCUT2D eigenvalue weighted by Gasteiger charge is -2.26. The lowest BCUT2D eigenvalue weighted by molar-refractivity contribution is -0.384. The summed E-state index contributed by atoms with van der Waals surface area (Å²) in [6, 6.07) is 17.1. The molecule has 1 N–H and O–H groups in total. The Hall–Kier alpha value is -5.19. The van der Waals surface area contributed by atoms with Crippen molar-refractivity contribution in [3.63, 3.8) is 0 Å². The SMILES string of the molecule is CCCOc1ccc(CN2C(=O)NC(=O)/C(=C\c3ccc(OCc4ccc([N+](=O)[O-])cc4)cc3)C2=O)cc1OCC. The van der Waals surface area contributed by atoms with Crippen LogP contribution in [0.25, 0.3) is 6.08 Å². The van der Waals surface area contributed by atoms with Crippen molar-refractivity contribution in [2.75, 3.05) is 13.2 Å². The fourth-order valence-corrected chi connectivity index (χ4v) is 3.98. The first-order chi connectivity index (χ1) is 19.8. The first kappa shape index (κ1) is 28.8. The van der Waals surface area contributed by atoms with Crippen LogP contribution in [0.4, 0.5) is 10.5 Å². The third-order valence-electron chi connectivity index (χ3n) is 6.04. The molecule has 0 bridgehead atoms. The second-order valence-corrected chi connectivity index (χ2v) is 9.05. The van der Waals surface area contributed by atoms with Crippen molar-refractivity contribution in [3.8, 4) is 17.2 Å². The van der Waals surface area contributed by atoms with Crippen LogP contribution < -0.4 is 19.5 Å². The normalized spacial score (nSPS) is 14.1. The summed E-state index contributed by atoms with van der Waals surface area (Å²) in [5.41, 5.74) is 1.75. The Labute approximate surface area is 236 Å². The van der Waals surface area contributed by atoms with Gasteiger partial charge in [0.05, 0.1) is 24.7 Å². The van der Waals surface area contributed by atoms with Crippen LogP contribution >= 0.6 is 0 Å². The summed E-state index contributed by atoms with van der Waals surface area (Å²) in [6.45, 7) is 4.91. The topological polar surface area (TPSA) is 137 Å². The minimum absolute atomic E-state index is 0.00196. The van der Waals surface area contributed by atoms with Crippen LogP contribution in [0.2, 0.25) is 0 Å². The summed E-state index contributed by atoms with van der Waals surface area (Å²) in [4.78, 5) is 49.6. The van der Waals surface area contributed by atoms with Crippen molar-refractivity contribution in [1.29, 1.82) is 0 Å². The van der Waals surface area contributed by atoms with E-state index in [2.05, 4.69) is 5.32 Å². The predicted molar refractivity (Wildman–Crippen MR) is 149 cm³/mol. The largest absolute Gasteiger partial charge is 0.490 e. The molecule has 212 valence electrons. The number of nitro groups is 1. The van der Waals surface area contributed by atoms with Gasteiger partial charge in [-0.25, -0.2) is 4.79 Å². The highest BCUT2D eigenvalue weighted by Gasteiger charge is 2.35. The molecule has 0 radical (unpaired) electrons. The number of urea groups is 1. The van der Waals surface area contributed by atoms with Gasteiger partial charge in [-0.15, -0.1) is 0 Å². The molecule has 1 aliphatic rings. The molecule has 3 aromatic rings. The minimum atomic E-state index is -0.809. The zero-order chi connectivity index (χ0) is 29.4. The van der Waals surface area contributed by atoms with E-state index in [1.54, 1.807) is 54.6 Å². The number of benzene rings is 3. The minimum Gasteiger partial charge on any atom is -0.490 e. The Morgan fingerprint density at radius 3 is 2.24 bits per heavy atom. The number of hydrogen-bond acceptors (Lipinski definition) is 8. The number of ether oxygens (including phenoxy) is 3. The summed E-state index contributed by atoms with van der Waals surface area (Å²) >= 11 is 0. The number of carbonyl (C=O) groups is 3. The molecule has 0 spiro atoms. The van der Waals surface area contributed by atoms with E-state index in [1.807, 2.05) is 13.8 Å². The number of imide groups is 2. The van der Waals surface area contributed by atoms with Crippen LogP contribution in [0.5, 0.6) is 17.2 Å². The third kappa shape index (κ3) is 7.27. The van der Waals surface area contributed by atoms with Crippen LogP contribution in [0.3, 0.4) is 0 Å². The fourth-order valence-electron chi connectivity index (χ4n) is 3.98. The average Bonchev–Trinajstić information content (AvgIpc) is 2.97. The Balaban J connectivity index is 1.45. The zero-order valence-electron chi connectivity index (χ0n) is 22.6. The number of barbiturate groups is 1. The van der Waals surface area contributed by atoms with E-state index < -0.39 is 22.8 Å². The molecule has 3 aromatic carbocycles. The number of nitrogens with one attached hydrogen (secondary N) is 1. The number of nitrogens with zero attached hydrogens (tertiary/aromatic N) is 2. The summed E-state index contributed by atoms with van der Waals surface area (Å²) in [5.74, 6) is 0.0987. The standard InChI is InChI=1S/C30H29N3O8/c1-3-15-40-26-14-9-22(17-27(26)39-4-2)18-32-29(35)25(28(34)31-30(32)36)16-20-7-12-24(13-8-20)41-19-21-5-10-23(11-6-21)33(37)38/h5-14,16-17H,3-4,15,18-19H2,1-2H3,(H,31,34,36)/b25-16+. The lowest BCUT2D eigenvalue weighted by Crippen LogP contribution is -2.53. The van der Waals surface area contributed by atoms with E-state index in [0.717, 1.165) is 16.9 Å². The second kappa shape index (κ2) is 13.2. The van der Waals surface area contributed by atoms with Gasteiger partial charge in [-0.2, -0.15) is 0 Å². The van der Waals surface area contributed by atoms with Crippen LogP contribution in [0, 0.1) is 10.1 Å². The molecule has 4 amide bonds. The molecule has 1 saturated heterocycles. The Morgan fingerprint density at radius 2 is 1.59 bits per heavy atom. The zero-order valence-corrected chi connectivity index (χ0v) is 22.6. The van der Waals surface area contributed by atoms with E-state index in [9.17, 15) is 24.5 Å². The molecule has 0 unspecified atom stereocenters. The van der Waals surface area contributed by atoms with Crippen molar-refractivity contribution < 1.29 is 33.5 Å². The van der Waals surface area contributed by atoms with Crippen LogP contribution in [0.15, 0.2) is 72.3 Å². The molecule has 4 rings (SSSR count). The maximum Gasteiger partial charge on any atom is 0.331 e. The monoisotopic (exact) mass is 559 g/mol. The van der Waals surface area contributed by atoms with Crippen molar-refractivity contribution in [2.45, 2.75) is 33.4 Å². The second-order valence-electron chi connectivity index (χ2n) is 9.05. The maximum absolute atomic E-state index is 13.2. The van der Waals surface area contributed by atoms with Gasteiger partial charge in [0.1, 0.15) is 17.9 Å². The number of rotatable bonds is 12. The molecule has 1 heterocycles. The van der Waals surface area contributed by atoms with Gasteiger partial charge < -0.3 is 14.2 Å². The van der Waals surface area contributed by atoms with Gasteiger partial charge >= 0.3 is 6.03 Å². The third-order valence-corrected chi connectivity index (χ3v) is 6.04. The Morgan fingerprint density at radius 1 is 0.878 bits per heavy atom. The van der Waals surface area contributed by atoms with E-state index in [-0.39, 0.29) is 24.4 Å². The van der Waals surface area contributed by atoms with Gasteiger partial charge in [-0.3, -0.25) is 29.9 Å². The highest BCUT2D eigenvalue weighted by Crippen LogP contribution is 2.30. The van der Waals surface area contributed by atoms with Gasteiger partial charge in [-0.1, -0.05) is 25.1 Å². The van der Waals surface area contributed by atoms with Crippen LogP contribution in [0.1, 0.15) is 37.0 Å². The molecular weight excluding hydrogens is 530 g/mol. The van der Waals surface area contributed by atoms with Gasteiger partial charge in [0.15, 0.2) is 11.5 Å². The summed E-state index contributed by atoms with van der Waals surface area (Å²) < 4.78 is 17.1. The van der Waals surface area contributed by atoms with E-state index in [4.69, 9.17) is 14.2 Å². The number of amides is 4. The number of carbonyl (C=O) groups excluding carboxylic acids is 3. The van der Waals surface area contributed by atoms with E-state index in [1.165, 1.54) is 18.2 Å². The fraction of sp³-hybridized carbons (Fsp3) is 0.233. The summed E-state index contributed by atoms with van der Waals surface area (Å²) in [5, 5.41) is 13.0. The molecule has 1 fully saturated rings. The van der Waals surface area contributed by atoms with Crippen LogP contribution in [-0.4, -0.2) is 40.9 Å². The smallest absolute Gasteiger partial charge is 0.331 e. The molecule has 0 aromatic heterocycles. The molecule has 0 atom stereocenters. The van der Waals surface area contributed by atoms with Gasteiger partial charge in [0.2, 0.25) is 0 Å². The molecular formula is C30H29N3O8. The first-order valence-corrected chi connectivity index (χ1v) is 13.0. The Kier molecular flexibility index (Phi) is 9.31. The molecule has 1 aliphatic heterocycles. The number of nitro benzene ring substituents is 1. The van der Waals surface area contributed by atoms with E-state index in [0.29, 0.717) is 41.6 Å². The average molecular weight is 560 g/mol. The molecule has 0 saturated carbocycles. The molecule has 41 heavy (non-hydrogen) atoms. The highest BCUT2D eigenvalue weighted by atomic mass is 16.6. The molecule has 11 nitrogen and oxygen atoms in total. The number of hydrogen-bond donors (Lipinski definition) is 1. The summed E-state index contributed by atoms with van der Waals surface area (Å²) in [6.07, 6.45) is 2.24. The van der Waals surface area contributed by atoms with Gasteiger partial charge in [0, 0.05) is 12.1 Å². The Bertz CT molecular complexity index is 1470. The summed E-state index contributed by atoms with van der Waals surface area (Å²) in [7, 11) is 0. The quantitative estimate of drug-likeness (QED) is 0.141. The predicted octanol–water partition coefficient (Wildman–Crippen LogP) is 5.02. The van der Waals surface area contributed by atoms with Crippen molar-refractivity contribution >= 4 is 29.6 Å². The lowest BCUT2D eigenvalue weighted by atomic mass is 10.1. The van der Waals surface area contributed by atoms with Crippen molar-refractivity contribution in [1.82, 2.24) is 10.2 Å².